The van der Waals surface area contributed by atoms with E-state index in [2.05, 4.69) is 0 Å². The van der Waals surface area contributed by atoms with Crippen LogP contribution < -0.4 is 4.74 Å². The number of methoxy groups -OCH3 is 1. The van der Waals surface area contributed by atoms with E-state index in [9.17, 15) is 9.18 Å². The lowest BCUT2D eigenvalue weighted by Gasteiger charge is -2.02. The lowest BCUT2D eigenvalue weighted by molar-refractivity contribution is -0.142. The molecule has 0 unspecified atom stereocenters. The molecule has 0 bridgehead atoms. The predicted molar refractivity (Wildman–Crippen MR) is 63.2 cm³/mol. The molecule has 1 rings (SSSR count). The zero-order chi connectivity index (χ0) is 12.7. The third-order valence-electron chi connectivity index (χ3n) is 2.08. The molecule has 1 aromatic carbocycles. The molecular formula is C13H15FO3. The fraction of sp³-hybridized carbons (Fsp3) is 0.308. The Balaban J connectivity index is 2.62. The van der Waals surface area contributed by atoms with E-state index in [-0.39, 0.29) is 18.1 Å². The standard InChI is InChI=1S/C13H15FO3/c1-3-17-13(15)6-4-5-10-7-8-11(14)12(9-10)16-2/h4-5,7-9H,3,6H2,1-2H3. The smallest absolute Gasteiger partial charge is 0.309 e. The second kappa shape index (κ2) is 6.68. The van der Waals surface area contributed by atoms with E-state index < -0.39 is 5.82 Å². The summed E-state index contributed by atoms with van der Waals surface area (Å²) in [4.78, 5) is 11.1. The molecule has 0 amide bonds. The first-order chi connectivity index (χ1) is 8.17. The van der Waals surface area contributed by atoms with Gasteiger partial charge in [0.1, 0.15) is 0 Å². The first-order valence-corrected chi connectivity index (χ1v) is 5.33. The van der Waals surface area contributed by atoms with Crippen LogP contribution in [-0.2, 0) is 9.53 Å². The maximum absolute atomic E-state index is 13.1. The topological polar surface area (TPSA) is 35.5 Å². The van der Waals surface area contributed by atoms with Crippen LogP contribution in [0.5, 0.6) is 5.75 Å². The number of halogens is 1. The van der Waals surface area contributed by atoms with Crippen LogP contribution in [-0.4, -0.2) is 19.7 Å². The fourth-order valence-electron chi connectivity index (χ4n) is 1.29. The molecule has 0 radical (unpaired) electrons. The molecule has 0 atom stereocenters. The van der Waals surface area contributed by atoms with Crippen molar-refractivity contribution in [2.24, 2.45) is 0 Å². The summed E-state index contributed by atoms with van der Waals surface area (Å²) in [5.41, 5.74) is 0.771. The number of ether oxygens (including phenoxy) is 2. The average molecular weight is 238 g/mol. The van der Waals surface area contributed by atoms with Crippen LogP contribution >= 0.6 is 0 Å². The van der Waals surface area contributed by atoms with E-state index >= 15 is 0 Å². The van der Waals surface area contributed by atoms with E-state index in [1.807, 2.05) is 0 Å². The first kappa shape index (κ1) is 13.2. The Hall–Kier alpha value is -1.84. The van der Waals surface area contributed by atoms with Crippen molar-refractivity contribution in [1.29, 1.82) is 0 Å². The minimum Gasteiger partial charge on any atom is -0.494 e. The summed E-state index contributed by atoms with van der Waals surface area (Å²) in [7, 11) is 1.41. The van der Waals surface area contributed by atoms with Crippen LogP contribution in [0.3, 0.4) is 0 Å². The van der Waals surface area contributed by atoms with Crippen LogP contribution in [0.4, 0.5) is 4.39 Å². The van der Waals surface area contributed by atoms with Gasteiger partial charge in [-0.25, -0.2) is 4.39 Å². The van der Waals surface area contributed by atoms with Gasteiger partial charge in [-0.15, -0.1) is 0 Å². The minimum atomic E-state index is -0.407. The molecule has 0 saturated heterocycles. The molecule has 0 aliphatic carbocycles. The van der Waals surface area contributed by atoms with Crippen LogP contribution in [0.25, 0.3) is 6.08 Å². The Morgan fingerprint density at radius 1 is 1.47 bits per heavy atom. The number of carbonyl (C=O) groups excluding carboxylic acids is 1. The first-order valence-electron chi connectivity index (χ1n) is 5.33. The molecule has 0 aromatic heterocycles. The summed E-state index contributed by atoms with van der Waals surface area (Å²) in [6, 6.07) is 4.50. The average Bonchev–Trinajstić information content (AvgIpc) is 2.31. The van der Waals surface area contributed by atoms with E-state index in [0.717, 1.165) is 5.56 Å². The molecule has 1 aromatic rings. The van der Waals surface area contributed by atoms with E-state index in [1.54, 1.807) is 31.2 Å². The molecule has 17 heavy (non-hydrogen) atoms. The molecule has 0 saturated carbocycles. The van der Waals surface area contributed by atoms with E-state index in [4.69, 9.17) is 9.47 Å². The lowest BCUT2D eigenvalue weighted by Crippen LogP contribution is -2.01. The SMILES string of the molecule is CCOC(=O)CC=Cc1ccc(F)c(OC)c1. The normalized spacial score (nSPS) is 10.5. The highest BCUT2D eigenvalue weighted by molar-refractivity contribution is 5.72. The summed E-state index contributed by atoms with van der Waals surface area (Å²) >= 11 is 0. The Kier molecular flexibility index (Phi) is 5.20. The highest BCUT2D eigenvalue weighted by atomic mass is 19.1. The molecule has 0 heterocycles. The number of esters is 1. The van der Waals surface area contributed by atoms with Gasteiger partial charge in [0.05, 0.1) is 20.1 Å². The van der Waals surface area contributed by atoms with Gasteiger partial charge in [0.15, 0.2) is 11.6 Å². The third-order valence-corrected chi connectivity index (χ3v) is 2.08. The van der Waals surface area contributed by atoms with Crippen molar-refractivity contribution >= 4 is 12.0 Å². The van der Waals surface area contributed by atoms with Crippen LogP contribution in [0, 0.1) is 5.82 Å². The molecule has 0 spiro atoms. The molecule has 92 valence electrons. The Morgan fingerprint density at radius 2 is 2.24 bits per heavy atom. The van der Waals surface area contributed by atoms with Gasteiger partial charge in [-0.3, -0.25) is 4.79 Å². The third kappa shape index (κ3) is 4.26. The maximum atomic E-state index is 13.1. The van der Waals surface area contributed by atoms with Gasteiger partial charge in [-0.05, 0) is 24.6 Å². The number of hydrogen-bond donors (Lipinski definition) is 0. The largest absolute Gasteiger partial charge is 0.494 e. The lowest BCUT2D eigenvalue weighted by atomic mass is 10.2. The Morgan fingerprint density at radius 3 is 2.88 bits per heavy atom. The monoisotopic (exact) mass is 238 g/mol. The molecule has 4 heteroatoms. The summed E-state index contributed by atoms with van der Waals surface area (Å²) < 4.78 is 22.7. The number of carbonyl (C=O) groups is 1. The van der Waals surface area contributed by atoms with E-state index in [1.165, 1.54) is 13.2 Å². The summed E-state index contributed by atoms with van der Waals surface area (Å²) in [6.45, 7) is 2.13. The van der Waals surface area contributed by atoms with E-state index in [0.29, 0.717) is 6.61 Å². The summed E-state index contributed by atoms with van der Waals surface area (Å²) in [5, 5.41) is 0. The maximum Gasteiger partial charge on any atom is 0.309 e. The minimum absolute atomic E-state index is 0.184. The molecule has 0 aliphatic heterocycles. The molecule has 0 N–H and O–H groups in total. The van der Waals surface area contributed by atoms with Gasteiger partial charge in [-0.2, -0.15) is 0 Å². The quantitative estimate of drug-likeness (QED) is 0.740. The van der Waals surface area contributed by atoms with Crippen molar-refractivity contribution in [3.05, 3.63) is 35.7 Å². The zero-order valence-electron chi connectivity index (χ0n) is 9.90. The van der Waals surface area contributed by atoms with Crippen molar-refractivity contribution in [3.8, 4) is 5.75 Å². The highest BCUT2D eigenvalue weighted by Gasteiger charge is 2.01. The van der Waals surface area contributed by atoms with Gasteiger partial charge in [0, 0.05) is 0 Å². The summed E-state index contributed by atoms with van der Waals surface area (Å²) in [5.74, 6) is -0.504. The van der Waals surface area contributed by atoms with Crippen molar-refractivity contribution in [1.82, 2.24) is 0 Å². The second-order valence-corrected chi connectivity index (χ2v) is 3.31. The fourth-order valence-corrected chi connectivity index (χ4v) is 1.29. The number of rotatable bonds is 5. The molecule has 3 nitrogen and oxygen atoms in total. The van der Waals surface area contributed by atoms with Crippen LogP contribution in [0.1, 0.15) is 18.9 Å². The Labute approximate surface area is 99.9 Å². The molecular weight excluding hydrogens is 223 g/mol. The van der Waals surface area contributed by atoms with Crippen molar-refractivity contribution < 1.29 is 18.7 Å². The number of benzene rings is 1. The molecule has 0 aliphatic rings. The van der Waals surface area contributed by atoms with Crippen LogP contribution in [0.15, 0.2) is 24.3 Å². The zero-order valence-corrected chi connectivity index (χ0v) is 9.90. The highest BCUT2D eigenvalue weighted by Crippen LogP contribution is 2.19. The molecule has 0 fully saturated rings. The van der Waals surface area contributed by atoms with Crippen molar-refractivity contribution in [2.45, 2.75) is 13.3 Å². The Bertz CT molecular complexity index is 413. The summed E-state index contributed by atoms with van der Waals surface area (Å²) in [6.07, 6.45) is 3.59. The van der Waals surface area contributed by atoms with Gasteiger partial charge in [-0.1, -0.05) is 18.2 Å². The van der Waals surface area contributed by atoms with Gasteiger partial charge in [0.2, 0.25) is 0 Å². The number of hydrogen-bond acceptors (Lipinski definition) is 3. The second-order valence-electron chi connectivity index (χ2n) is 3.31. The van der Waals surface area contributed by atoms with Crippen LogP contribution in [0.2, 0.25) is 0 Å². The van der Waals surface area contributed by atoms with Gasteiger partial charge < -0.3 is 9.47 Å². The van der Waals surface area contributed by atoms with Crippen molar-refractivity contribution in [2.75, 3.05) is 13.7 Å². The predicted octanol–water partition coefficient (Wildman–Crippen LogP) is 2.80. The van der Waals surface area contributed by atoms with Gasteiger partial charge in [0.25, 0.3) is 0 Å². The van der Waals surface area contributed by atoms with Crippen molar-refractivity contribution in [3.63, 3.8) is 0 Å². The van der Waals surface area contributed by atoms with Gasteiger partial charge >= 0.3 is 5.97 Å².